The van der Waals surface area contributed by atoms with E-state index in [0.29, 0.717) is 42.9 Å². The molecule has 8 rings (SSSR count). The molecule has 4 aliphatic heterocycles. The fraction of sp³-hybridized carbons (Fsp3) is 1.00. The van der Waals surface area contributed by atoms with E-state index in [1.54, 1.807) is 0 Å². The molecule has 730 valence electrons. The Hall–Kier alpha value is -2.01. The number of hydrogen-bond acceptors (Lipinski definition) is 47. The van der Waals surface area contributed by atoms with E-state index in [0.717, 1.165) is 44.9 Å². The number of rotatable bonds is 43. The molecule has 4 saturated carbocycles. The monoisotopic (exact) mass is 2080 g/mol. The van der Waals surface area contributed by atoms with Gasteiger partial charge in [0.2, 0.25) is 0 Å². The minimum absolute atomic E-state index is 0.00149. The highest BCUT2D eigenvalue weighted by molar-refractivity contribution is 7.83. The largest absolute Gasteiger partial charge is 0.397 e. The first-order valence-electron chi connectivity index (χ1n) is 35.6. The lowest BCUT2D eigenvalue weighted by atomic mass is 9.44. The third-order valence-corrected chi connectivity index (χ3v) is 27.9. The van der Waals surface area contributed by atoms with Gasteiger partial charge in [-0.25, -0.2) is 54.4 Å². The van der Waals surface area contributed by atoms with Crippen molar-refractivity contribution >= 4 is 135 Å². The van der Waals surface area contributed by atoms with Gasteiger partial charge in [-0.15, -0.1) is 0 Å². The van der Waals surface area contributed by atoms with E-state index < -0.39 is 296 Å². The summed E-state index contributed by atoms with van der Waals surface area (Å²) < 4.78 is 562. The number of ether oxygens (including phenoxy) is 8. The molecule has 8 fully saturated rings. The molecule has 124 heavy (non-hydrogen) atoms. The van der Waals surface area contributed by atoms with Crippen LogP contribution in [0.1, 0.15) is 112 Å². The van der Waals surface area contributed by atoms with Crippen LogP contribution in [0, 0.1) is 52.3 Å². The average Bonchev–Trinajstić information content (AvgIpc) is 1.47. The van der Waals surface area contributed by atoms with E-state index in [1.165, 1.54) is 0 Å². The van der Waals surface area contributed by atoms with E-state index in [2.05, 4.69) is 80.6 Å². The summed E-state index contributed by atoms with van der Waals surface area (Å²) >= 11 is 0. The van der Waals surface area contributed by atoms with Gasteiger partial charge in [0.25, 0.3) is 0 Å². The van der Waals surface area contributed by atoms with Crippen molar-refractivity contribution in [2.24, 2.45) is 52.3 Å². The lowest BCUT2D eigenvalue weighted by Gasteiger charge is -2.61. The van der Waals surface area contributed by atoms with Gasteiger partial charge in [0, 0.05) is 0 Å². The Balaban J connectivity index is 1.25. The summed E-state index contributed by atoms with van der Waals surface area (Å²) in [6.45, 7) is 2.20. The Kier molecular flexibility index (Phi) is 34.5. The van der Waals surface area contributed by atoms with E-state index in [-0.39, 0.29) is 36.0 Å². The van der Waals surface area contributed by atoms with Crippen molar-refractivity contribution < 1.29 is 261 Å². The number of hydrogen-bond donors (Lipinski definition) is 13. The summed E-state index contributed by atoms with van der Waals surface area (Å²) in [7, 11) is -83.6. The Labute approximate surface area is 710 Å². The van der Waals surface area contributed by atoms with Gasteiger partial charge in [-0.05, 0) is 110 Å². The molecule has 4 aliphatic carbocycles. The van der Waals surface area contributed by atoms with Gasteiger partial charge < -0.3 is 37.9 Å². The molecule has 0 amide bonds. The summed E-state index contributed by atoms with van der Waals surface area (Å²) in [6.07, 6.45) is -63.1. The van der Waals surface area contributed by atoms with Crippen molar-refractivity contribution in [1.82, 2.24) is 0 Å². The molecule has 0 bridgehead atoms. The fourth-order valence-electron chi connectivity index (χ4n) is 17.8. The second-order valence-electron chi connectivity index (χ2n) is 30.4. The Bertz CT molecular complexity index is 5310. The second-order valence-corrected chi connectivity index (χ2v) is 44.2. The van der Waals surface area contributed by atoms with Crippen LogP contribution in [0.25, 0.3) is 0 Å². The molecule has 0 aromatic rings. The van der Waals surface area contributed by atoms with Gasteiger partial charge in [-0.3, -0.25) is 59.2 Å². The van der Waals surface area contributed by atoms with E-state index in [1.807, 2.05) is 0 Å². The van der Waals surface area contributed by atoms with Gasteiger partial charge in [-0.2, -0.15) is 109 Å². The van der Waals surface area contributed by atoms with Crippen LogP contribution in [-0.2, 0) is 227 Å². The van der Waals surface area contributed by atoms with Crippen LogP contribution in [0.15, 0.2) is 0 Å². The quantitative estimate of drug-likeness (QED) is 0.0208. The number of fused-ring (bicyclic) bond motifs is 5. The molecule has 13 N–H and O–H groups in total. The van der Waals surface area contributed by atoms with Crippen molar-refractivity contribution in [3.05, 3.63) is 0 Å². The molecule has 4 heterocycles. The maximum Gasteiger partial charge on any atom is 0.397 e. The standard InChI is InChI=1S/C51H88O60S13/c1-22(2)7-6-8-23(3)27-11-12-28-26-10-9-24-17-25(13-15-50(24,4)29(26)14-16-51(27,28)5)95-46-42(108-121(79,80)81)38(104-117(67,68)69)34(30(96-46)18-91-112(52,53)54)100-47-43(109-122(82,83)84)39(105-118(70,71)72)35(31(97-47)19-92-113(55,56)57)101-48-44(110-123(85,86)87)40(106-119(73,74)75)36(32(98-48)20-93-114(58,59)60)102-49-45(111-124(88,89)90)41(107-120(76,77)78)37(103-116(64,65)66)33(99-49)21-94-115(61,62)63/h22-49H,6-21H2,1-5H3,(H,52,53,54)(H,55,56,57)(H,58,59,60)(H,61,62,63)(H,64,65,66)(H,67,68,69)(H,70,71,72)(H,73,74,75)(H,76,77,78)(H,79,80,81)(H,82,83,84)(H,85,86,87)(H,88,89,90)/t23-,24?,25+,26?,27-,28?,29?,30-,31-,32-,33-,34-,35-,36-,37-,38+,39+,40+,41+,42-,43-,44-,45-,46-,47-,48-,49-,50+,51-/m1/s1. The first-order valence-corrected chi connectivity index (χ1v) is 53.3. The van der Waals surface area contributed by atoms with E-state index in [9.17, 15) is 169 Å². The topological polar surface area (TPSA) is 901 Å². The highest BCUT2D eigenvalue weighted by Crippen LogP contribution is 2.69. The van der Waals surface area contributed by atoms with E-state index >= 15 is 0 Å². The molecule has 60 nitrogen and oxygen atoms in total. The van der Waals surface area contributed by atoms with Crippen molar-refractivity contribution in [3.8, 4) is 0 Å². The molecule has 4 saturated heterocycles. The van der Waals surface area contributed by atoms with Crippen molar-refractivity contribution in [2.45, 2.75) is 241 Å². The minimum Gasteiger partial charge on any atom is -0.347 e. The Morgan fingerprint density at radius 1 is 0.298 bits per heavy atom. The first-order chi connectivity index (χ1) is 55.9. The molecule has 73 heteroatoms. The highest BCUT2D eigenvalue weighted by Gasteiger charge is 2.66. The lowest BCUT2D eigenvalue weighted by Crippen LogP contribution is -2.69. The molecule has 0 aromatic heterocycles. The Morgan fingerprint density at radius 2 is 0.573 bits per heavy atom. The van der Waals surface area contributed by atoms with Crippen LogP contribution < -0.4 is 0 Å². The third-order valence-electron chi connectivity index (χ3n) is 22.0. The van der Waals surface area contributed by atoms with Crippen molar-refractivity contribution in [1.29, 1.82) is 0 Å². The van der Waals surface area contributed by atoms with Gasteiger partial charge in [0.05, 0.1) is 32.5 Å². The molecular formula is C51H88O60S13. The van der Waals surface area contributed by atoms with Crippen molar-refractivity contribution in [3.63, 3.8) is 0 Å². The smallest absolute Gasteiger partial charge is 0.347 e. The normalized spacial score (nSPS) is 37.1. The zero-order valence-corrected chi connectivity index (χ0v) is 74.4. The zero-order valence-electron chi connectivity index (χ0n) is 63.8. The molecule has 8 aliphatic rings. The van der Waals surface area contributed by atoms with Crippen LogP contribution in [0.5, 0.6) is 0 Å². The zero-order chi connectivity index (χ0) is 93.8. The SMILES string of the molecule is CC(C)CCC[C@@H](C)[C@H]1CCC2C3CCC4C[C@@H](O[C@@H]5O[C@H](COS(=O)(=O)O)[C@@H](O[C@H]6O[C@H](COS(=O)(=O)O)[C@@H](O[C@H]7O[C@H](COS(=O)(=O)O)[C@@H](O[C@H]8O[C@H](COS(=O)(=O)O)[C@@H](OS(=O)(=O)O)[C@H](OS(=O)(=O)O)[C@H]8OS(=O)(=O)O)[C@H](OS(=O)(=O)O)[C@H]7OS(=O)(=O)O)[C@H](OS(=O)(=O)O)[C@H]6OS(=O)(=O)O)[C@H](OS(=O)(=O)O)[C@H]5OS(=O)(=O)O)CC[C@]4(C)C3CC[C@@]21C. The second kappa shape index (κ2) is 39.9. The maximum absolute atomic E-state index is 13.2. The molecule has 0 spiro atoms. The van der Waals surface area contributed by atoms with Gasteiger partial charge in [0.15, 0.2) is 49.6 Å². The lowest BCUT2D eigenvalue weighted by molar-refractivity contribution is -0.380. The van der Waals surface area contributed by atoms with Crippen LogP contribution in [0.2, 0.25) is 0 Å². The predicted molar refractivity (Wildman–Crippen MR) is 385 cm³/mol. The summed E-state index contributed by atoms with van der Waals surface area (Å²) in [4.78, 5) is 0. The average molecular weight is 2080 g/mol. The molecule has 29 atom stereocenters. The summed E-state index contributed by atoms with van der Waals surface area (Å²) in [6, 6.07) is 0. The molecule has 4 unspecified atom stereocenters. The van der Waals surface area contributed by atoms with Crippen LogP contribution in [-0.4, -0.2) is 324 Å². The van der Waals surface area contributed by atoms with Gasteiger partial charge in [0.1, 0.15) is 73.2 Å². The van der Waals surface area contributed by atoms with Crippen LogP contribution in [0.4, 0.5) is 0 Å². The predicted octanol–water partition coefficient (Wildman–Crippen LogP) is -3.48. The van der Waals surface area contributed by atoms with Gasteiger partial charge >= 0.3 is 135 Å². The van der Waals surface area contributed by atoms with Crippen molar-refractivity contribution in [2.75, 3.05) is 26.4 Å². The summed E-state index contributed by atoms with van der Waals surface area (Å²) in [5, 5.41) is 0. The van der Waals surface area contributed by atoms with Crippen LogP contribution >= 0.6 is 0 Å². The molecule has 0 aromatic carbocycles. The minimum atomic E-state index is -6.78. The molecule has 0 radical (unpaired) electrons. The first kappa shape index (κ1) is 107. The fourth-order valence-corrected chi connectivity index (χ4v) is 23.5. The maximum atomic E-state index is 13.2. The van der Waals surface area contributed by atoms with Crippen LogP contribution in [0.3, 0.4) is 0 Å². The summed E-state index contributed by atoms with van der Waals surface area (Å²) in [5.74, 6) is 1.91. The van der Waals surface area contributed by atoms with E-state index in [4.69, 9.17) is 46.3 Å². The molecular weight excluding hydrogens is 1990 g/mol. The van der Waals surface area contributed by atoms with Gasteiger partial charge in [-0.1, -0.05) is 53.9 Å². The third kappa shape index (κ3) is 31.8. The highest BCUT2D eigenvalue weighted by atomic mass is 32.3. The Morgan fingerprint density at radius 3 is 0.879 bits per heavy atom. The summed E-state index contributed by atoms with van der Waals surface area (Å²) in [5.41, 5.74) is -0.420.